The molecule has 3 N–H and O–H groups in total. The van der Waals surface area contributed by atoms with Crippen LogP contribution in [0.5, 0.6) is 5.75 Å². The Labute approximate surface area is 232 Å². The summed E-state index contributed by atoms with van der Waals surface area (Å²) in [5, 5.41) is 9.09. The van der Waals surface area contributed by atoms with Crippen molar-refractivity contribution in [2.45, 2.75) is 77.7 Å². The van der Waals surface area contributed by atoms with Crippen molar-refractivity contribution in [2.24, 2.45) is 11.7 Å². The normalized spacial score (nSPS) is 12.0. The number of rotatable bonds is 12. The molecule has 1 atom stereocenters. The van der Waals surface area contributed by atoms with Gasteiger partial charge in [-0.1, -0.05) is 76.9 Å². The quantitative estimate of drug-likeness (QED) is 0.231. The summed E-state index contributed by atoms with van der Waals surface area (Å²) in [4.78, 5) is 11.4. The molecule has 0 amide bonds. The van der Waals surface area contributed by atoms with Crippen LogP contribution in [0.2, 0.25) is 0 Å². The minimum Gasteiger partial charge on any atom is -0.508 e. The lowest BCUT2D eigenvalue weighted by atomic mass is 9.64. The highest BCUT2D eigenvalue weighted by Crippen LogP contribution is 2.43. The summed E-state index contributed by atoms with van der Waals surface area (Å²) in [7, 11) is 0. The van der Waals surface area contributed by atoms with Gasteiger partial charge >= 0.3 is 5.97 Å². The third kappa shape index (κ3) is 9.47. The molecule has 0 saturated heterocycles. The van der Waals surface area contributed by atoms with Crippen molar-refractivity contribution in [1.82, 2.24) is 0 Å². The first-order chi connectivity index (χ1) is 18.6. The van der Waals surface area contributed by atoms with Gasteiger partial charge in [0.05, 0.1) is 6.61 Å². The highest BCUT2D eigenvalue weighted by Gasteiger charge is 2.37. The zero-order chi connectivity index (χ0) is 28.8. The molecular formula is C33H43F2NO3. The molecule has 0 heterocycles. The van der Waals surface area contributed by atoms with E-state index in [9.17, 15) is 13.6 Å². The van der Waals surface area contributed by atoms with E-state index in [1.54, 1.807) is 48.5 Å². The lowest BCUT2D eigenvalue weighted by Crippen LogP contribution is -2.34. The average molecular weight is 540 g/mol. The topological polar surface area (TPSA) is 72.5 Å². The number of hydrogen-bond acceptors (Lipinski definition) is 4. The first-order valence-corrected chi connectivity index (χ1v) is 13.9. The lowest BCUT2D eigenvalue weighted by Gasteiger charge is -2.39. The van der Waals surface area contributed by atoms with Crippen LogP contribution in [0, 0.1) is 17.6 Å². The summed E-state index contributed by atoms with van der Waals surface area (Å²) in [6.07, 6.45) is 5.41. The first-order valence-electron chi connectivity index (χ1n) is 13.9. The number of carbonyl (C=O) groups is 1. The number of esters is 1. The van der Waals surface area contributed by atoms with E-state index in [0.29, 0.717) is 18.9 Å². The maximum atomic E-state index is 13.9. The number of phenolic OH excluding ortho intramolecular Hbond substituents is 1. The van der Waals surface area contributed by atoms with E-state index in [-0.39, 0.29) is 23.4 Å². The molecule has 1 unspecified atom stereocenters. The molecule has 0 spiro atoms. The van der Waals surface area contributed by atoms with Crippen LogP contribution in [0.1, 0.15) is 76.5 Å². The van der Waals surface area contributed by atoms with Crippen molar-refractivity contribution in [1.29, 1.82) is 0 Å². The molecule has 3 rings (SSSR count). The fourth-order valence-corrected chi connectivity index (χ4v) is 4.96. The number of phenols is 1. The first kappa shape index (κ1) is 32.0. The van der Waals surface area contributed by atoms with Gasteiger partial charge < -0.3 is 15.6 Å². The maximum absolute atomic E-state index is 13.9. The van der Waals surface area contributed by atoms with Crippen molar-refractivity contribution in [3.63, 3.8) is 0 Å². The molecule has 0 aliphatic rings. The van der Waals surface area contributed by atoms with E-state index in [1.807, 2.05) is 19.1 Å². The summed E-state index contributed by atoms with van der Waals surface area (Å²) in [5.41, 5.74) is 8.05. The third-order valence-corrected chi connectivity index (χ3v) is 7.08. The van der Waals surface area contributed by atoms with E-state index in [1.165, 1.54) is 12.1 Å². The molecule has 0 bridgehead atoms. The Morgan fingerprint density at radius 2 is 1.38 bits per heavy atom. The maximum Gasteiger partial charge on any atom is 0.323 e. The van der Waals surface area contributed by atoms with Crippen molar-refractivity contribution in [3.05, 3.63) is 101 Å². The van der Waals surface area contributed by atoms with Crippen LogP contribution < -0.4 is 5.73 Å². The van der Waals surface area contributed by atoms with Crippen LogP contribution in [0.15, 0.2) is 72.8 Å². The fourth-order valence-electron chi connectivity index (χ4n) is 4.96. The minimum absolute atomic E-state index is 0.200. The van der Waals surface area contributed by atoms with Crippen molar-refractivity contribution >= 4 is 5.97 Å². The van der Waals surface area contributed by atoms with E-state index >= 15 is 0 Å². The molecule has 4 nitrogen and oxygen atoms in total. The predicted octanol–water partition coefficient (Wildman–Crippen LogP) is 7.70. The van der Waals surface area contributed by atoms with Crippen LogP contribution >= 0.6 is 0 Å². The molecule has 6 heteroatoms. The number of ether oxygens (including phenoxy) is 1. The highest BCUT2D eigenvalue weighted by atomic mass is 19.1. The number of halogens is 2. The SMILES string of the molecule is CCCC(CCC)C(C)(c1cccc(F)c1)c1cccc(F)c1.CCCOC(=O)C(N)Cc1ccc(O)cc1. The van der Waals surface area contributed by atoms with E-state index in [2.05, 4.69) is 20.8 Å². The highest BCUT2D eigenvalue weighted by molar-refractivity contribution is 5.75. The second kappa shape index (κ2) is 16.0. The smallest absolute Gasteiger partial charge is 0.323 e. The Kier molecular flexibility index (Phi) is 13.1. The van der Waals surface area contributed by atoms with Gasteiger partial charge in [0.25, 0.3) is 0 Å². The summed E-state index contributed by atoms with van der Waals surface area (Å²) >= 11 is 0. The summed E-state index contributed by atoms with van der Waals surface area (Å²) in [6, 6.07) is 19.5. The number of aromatic hydroxyl groups is 1. The van der Waals surface area contributed by atoms with Gasteiger partial charge in [-0.15, -0.1) is 0 Å². The second-order valence-corrected chi connectivity index (χ2v) is 10.1. The van der Waals surface area contributed by atoms with Crippen molar-refractivity contribution in [3.8, 4) is 5.75 Å². The molecule has 0 aliphatic carbocycles. The van der Waals surface area contributed by atoms with Crippen LogP contribution in [-0.2, 0) is 21.4 Å². The Hall–Kier alpha value is -3.25. The molecule has 0 radical (unpaired) electrons. The number of nitrogens with two attached hydrogens (primary N) is 1. The fraction of sp³-hybridized carbons (Fsp3) is 0.424. The molecule has 0 fully saturated rings. The van der Waals surface area contributed by atoms with Crippen LogP contribution in [-0.4, -0.2) is 23.7 Å². The number of carbonyl (C=O) groups excluding carboxylic acids is 1. The standard InChI is InChI=1S/C21H26F2.C12H17NO3/c1-4-8-16(9-5-2)21(3,17-10-6-12-19(22)14-17)18-11-7-13-20(23)15-18;1-2-7-16-12(15)11(13)8-9-3-5-10(14)6-4-9/h6-7,10-16H,4-5,8-9H2,1-3H3;3-6,11,14H,2,7-8,13H2,1H3. The molecule has 0 saturated carbocycles. The van der Waals surface area contributed by atoms with Gasteiger partial charge in [-0.05, 0) is 84.7 Å². The van der Waals surface area contributed by atoms with Gasteiger partial charge in [-0.2, -0.15) is 0 Å². The zero-order valence-electron chi connectivity index (χ0n) is 23.6. The van der Waals surface area contributed by atoms with Crippen LogP contribution in [0.4, 0.5) is 8.78 Å². The summed E-state index contributed by atoms with van der Waals surface area (Å²) in [5.74, 6) is -0.310. The Morgan fingerprint density at radius 3 is 1.82 bits per heavy atom. The molecule has 0 aromatic heterocycles. The van der Waals surface area contributed by atoms with Gasteiger partial charge in [0.1, 0.15) is 23.4 Å². The molecule has 0 aliphatic heterocycles. The summed E-state index contributed by atoms with van der Waals surface area (Å²) < 4.78 is 32.6. The van der Waals surface area contributed by atoms with E-state index in [4.69, 9.17) is 15.6 Å². The van der Waals surface area contributed by atoms with Gasteiger partial charge in [-0.25, -0.2) is 8.78 Å². The molecule has 212 valence electrons. The number of benzene rings is 3. The Morgan fingerprint density at radius 1 is 0.872 bits per heavy atom. The molecule has 3 aromatic carbocycles. The largest absolute Gasteiger partial charge is 0.508 e. The van der Waals surface area contributed by atoms with Crippen LogP contribution in [0.3, 0.4) is 0 Å². The Bertz CT molecular complexity index is 1100. The van der Waals surface area contributed by atoms with Gasteiger partial charge in [0.2, 0.25) is 0 Å². The monoisotopic (exact) mass is 539 g/mol. The summed E-state index contributed by atoms with van der Waals surface area (Å²) in [6.45, 7) is 8.80. The molecular weight excluding hydrogens is 496 g/mol. The van der Waals surface area contributed by atoms with Gasteiger partial charge in [0, 0.05) is 5.41 Å². The third-order valence-electron chi connectivity index (χ3n) is 7.08. The molecule has 39 heavy (non-hydrogen) atoms. The van der Waals surface area contributed by atoms with E-state index < -0.39 is 11.5 Å². The number of hydrogen-bond donors (Lipinski definition) is 2. The zero-order valence-corrected chi connectivity index (χ0v) is 23.6. The van der Waals surface area contributed by atoms with Gasteiger partial charge in [-0.3, -0.25) is 4.79 Å². The van der Waals surface area contributed by atoms with E-state index in [0.717, 1.165) is 48.8 Å². The minimum atomic E-state index is -0.643. The Balaban J connectivity index is 0.000000293. The van der Waals surface area contributed by atoms with Crippen LogP contribution in [0.25, 0.3) is 0 Å². The predicted molar refractivity (Wildman–Crippen MR) is 154 cm³/mol. The van der Waals surface area contributed by atoms with Gasteiger partial charge in [0.15, 0.2) is 0 Å². The van der Waals surface area contributed by atoms with Crippen molar-refractivity contribution in [2.75, 3.05) is 6.61 Å². The lowest BCUT2D eigenvalue weighted by molar-refractivity contribution is -0.145. The van der Waals surface area contributed by atoms with Crippen molar-refractivity contribution < 1.29 is 23.4 Å². The average Bonchev–Trinajstić information content (AvgIpc) is 2.92. The second-order valence-electron chi connectivity index (χ2n) is 10.1. The molecule has 3 aromatic rings.